The molecule has 1 aliphatic rings. The second-order valence-corrected chi connectivity index (χ2v) is 4.83. The minimum absolute atomic E-state index is 0. The number of pyridine rings is 1. The molecular formula is C14H25Cl2N3. The van der Waals surface area contributed by atoms with Gasteiger partial charge in [0.2, 0.25) is 0 Å². The fourth-order valence-corrected chi connectivity index (χ4v) is 2.75. The van der Waals surface area contributed by atoms with Crippen molar-refractivity contribution in [2.24, 2.45) is 0 Å². The van der Waals surface area contributed by atoms with Crippen LogP contribution in [0.3, 0.4) is 0 Å². The second kappa shape index (κ2) is 9.54. The number of hydrogen-bond acceptors (Lipinski definition) is 3. The van der Waals surface area contributed by atoms with E-state index in [9.17, 15) is 0 Å². The van der Waals surface area contributed by atoms with Crippen molar-refractivity contribution in [3.8, 4) is 0 Å². The van der Waals surface area contributed by atoms with E-state index in [-0.39, 0.29) is 24.8 Å². The first-order chi connectivity index (χ1) is 8.33. The monoisotopic (exact) mass is 305 g/mol. The second-order valence-electron chi connectivity index (χ2n) is 4.83. The minimum atomic E-state index is 0. The summed E-state index contributed by atoms with van der Waals surface area (Å²) in [5.74, 6) is 0. The van der Waals surface area contributed by atoms with Gasteiger partial charge in [-0.15, -0.1) is 24.8 Å². The molecule has 3 nitrogen and oxygen atoms in total. The molecule has 5 heteroatoms. The van der Waals surface area contributed by atoms with E-state index < -0.39 is 0 Å². The Morgan fingerprint density at radius 2 is 2.00 bits per heavy atom. The molecule has 1 atom stereocenters. The Labute approximate surface area is 129 Å². The molecule has 1 aromatic rings. The number of piperidine rings is 1. The van der Waals surface area contributed by atoms with Crippen LogP contribution in [0, 0.1) is 0 Å². The van der Waals surface area contributed by atoms with E-state index in [0.29, 0.717) is 12.1 Å². The summed E-state index contributed by atoms with van der Waals surface area (Å²) in [7, 11) is 2.25. The molecule has 0 bridgehead atoms. The SMILES string of the molecule is CCC(c1ccccn1)N(C)C1CCNCC1.Cl.Cl. The maximum Gasteiger partial charge on any atom is 0.0575 e. The maximum atomic E-state index is 4.51. The topological polar surface area (TPSA) is 28.2 Å². The van der Waals surface area contributed by atoms with E-state index >= 15 is 0 Å². The van der Waals surface area contributed by atoms with E-state index in [1.807, 2.05) is 12.3 Å². The summed E-state index contributed by atoms with van der Waals surface area (Å²) in [5.41, 5.74) is 1.20. The highest BCUT2D eigenvalue weighted by molar-refractivity contribution is 5.85. The van der Waals surface area contributed by atoms with Crippen LogP contribution < -0.4 is 5.32 Å². The summed E-state index contributed by atoms with van der Waals surface area (Å²) in [6.07, 6.45) is 5.52. The minimum Gasteiger partial charge on any atom is -0.317 e. The quantitative estimate of drug-likeness (QED) is 0.926. The van der Waals surface area contributed by atoms with Crippen LogP contribution in [0.5, 0.6) is 0 Å². The highest BCUT2D eigenvalue weighted by Crippen LogP contribution is 2.25. The van der Waals surface area contributed by atoms with Crippen LogP contribution >= 0.6 is 24.8 Å². The first-order valence-electron chi connectivity index (χ1n) is 6.66. The molecule has 1 aromatic heterocycles. The van der Waals surface area contributed by atoms with Crippen LogP contribution in [0.4, 0.5) is 0 Å². The summed E-state index contributed by atoms with van der Waals surface area (Å²) < 4.78 is 0. The Morgan fingerprint density at radius 3 is 2.53 bits per heavy atom. The predicted molar refractivity (Wildman–Crippen MR) is 85.4 cm³/mol. The van der Waals surface area contributed by atoms with Gasteiger partial charge in [-0.1, -0.05) is 13.0 Å². The van der Waals surface area contributed by atoms with Gasteiger partial charge in [0.25, 0.3) is 0 Å². The average molecular weight is 306 g/mol. The van der Waals surface area contributed by atoms with Crippen LogP contribution in [0.1, 0.15) is 37.9 Å². The number of nitrogens with one attached hydrogen (secondary N) is 1. The van der Waals surface area contributed by atoms with Gasteiger partial charge in [-0.25, -0.2) is 0 Å². The van der Waals surface area contributed by atoms with E-state index in [1.165, 1.54) is 18.5 Å². The summed E-state index contributed by atoms with van der Waals surface area (Å²) in [6.45, 7) is 4.54. The molecule has 2 heterocycles. The molecule has 110 valence electrons. The molecule has 2 rings (SSSR count). The summed E-state index contributed by atoms with van der Waals surface area (Å²) >= 11 is 0. The van der Waals surface area contributed by atoms with Gasteiger partial charge in [0.05, 0.1) is 11.7 Å². The molecule has 0 spiro atoms. The van der Waals surface area contributed by atoms with E-state index in [0.717, 1.165) is 19.5 Å². The van der Waals surface area contributed by atoms with Crippen molar-refractivity contribution >= 4 is 24.8 Å². The Bertz CT molecular complexity index is 329. The molecule has 1 N–H and O–H groups in total. The van der Waals surface area contributed by atoms with Gasteiger partial charge in [0, 0.05) is 12.2 Å². The third kappa shape index (κ3) is 4.92. The van der Waals surface area contributed by atoms with Gasteiger partial charge in [-0.2, -0.15) is 0 Å². The summed E-state index contributed by atoms with van der Waals surface area (Å²) in [6, 6.07) is 7.37. The average Bonchev–Trinajstić information content (AvgIpc) is 2.42. The molecule has 0 aromatic carbocycles. The smallest absolute Gasteiger partial charge is 0.0575 e. The Kier molecular flexibility index (Phi) is 9.36. The zero-order valence-corrected chi connectivity index (χ0v) is 13.3. The lowest BCUT2D eigenvalue weighted by Gasteiger charge is -2.36. The lowest BCUT2D eigenvalue weighted by molar-refractivity contribution is 0.136. The number of rotatable bonds is 4. The first-order valence-corrected chi connectivity index (χ1v) is 6.66. The van der Waals surface area contributed by atoms with Gasteiger partial charge in [0.1, 0.15) is 0 Å². The largest absolute Gasteiger partial charge is 0.317 e. The van der Waals surface area contributed by atoms with Gasteiger partial charge < -0.3 is 5.32 Å². The highest BCUT2D eigenvalue weighted by atomic mass is 35.5. The molecule has 19 heavy (non-hydrogen) atoms. The number of nitrogens with zero attached hydrogens (tertiary/aromatic N) is 2. The fraction of sp³-hybridized carbons (Fsp3) is 0.643. The van der Waals surface area contributed by atoms with E-state index in [2.05, 4.69) is 41.3 Å². The lowest BCUT2D eigenvalue weighted by Crippen LogP contribution is -2.42. The van der Waals surface area contributed by atoms with Crippen LogP contribution in [-0.4, -0.2) is 36.1 Å². The normalized spacial score (nSPS) is 17.4. The maximum absolute atomic E-state index is 4.51. The zero-order valence-electron chi connectivity index (χ0n) is 11.7. The molecule has 0 radical (unpaired) electrons. The predicted octanol–water partition coefficient (Wildman–Crippen LogP) is 3.06. The zero-order chi connectivity index (χ0) is 12.1. The Balaban J connectivity index is 0.00000162. The van der Waals surface area contributed by atoms with Gasteiger partial charge in [-0.05, 0) is 51.5 Å². The lowest BCUT2D eigenvalue weighted by atomic mass is 10.0. The highest BCUT2D eigenvalue weighted by Gasteiger charge is 2.24. The standard InChI is InChI=1S/C14H23N3.2ClH/c1-3-14(13-6-4-5-9-16-13)17(2)12-7-10-15-11-8-12;;/h4-6,9,12,14-15H,3,7-8,10-11H2,1-2H3;2*1H. The first kappa shape index (κ1) is 18.7. The molecule has 0 amide bonds. The van der Waals surface area contributed by atoms with Crippen molar-refractivity contribution in [2.45, 2.75) is 38.3 Å². The van der Waals surface area contributed by atoms with Gasteiger partial charge >= 0.3 is 0 Å². The molecular weight excluding hydrogens is 281 g/mol. The van der Waals surface area contributed by atoms with Crippen LogP contribution in [0.2, 0.25) is 0 Å². The molecule has 0 saturated carbocycles. The van der Waals surface area contributed by atoms with E-state index in [1.54, 1.807) is 0 Å². The summed E-state index contributed by atoms with van der Waals surface area (Å²) in [4.78, 5) is 7.03. The van der Waals surface area contributed by atoms with Gasteiger partial charge in [-0.3, -0.25) is 9.88 Å². The van der Waals surface area contributed by atoms with Crippen molar-refractivity contribution in [2.75, 3.05) is 20.1 Å². The third-order valence-corrected chi connectivity index (χ3v) is 3.79. The van der Waals surface area contributed by atoms with Crippen molar-refractivity contribution in [3.63, 3.8) is 0 Å². The third-order valence-electron chi connectivity index (χ3n) is 3.79. The van der Waals surface area contributed by atoms with Gasteiger partial charge in [0.15, 0.2) is 0 Å². The molecule has 1 saturated heterocycles. The number of aromatic nitrogens is 1. The van der Waals surface area contributed by atoms with Crippen molar-refractivity contribution in [1.29, 1.82) is 0 Å². The van der Waals surface area contributed by atoms with Crippen molar-refractivity contribution < 1.29 is 0 Å². The van der Waals surface area contributed by atoms with E-state index in [4.69, 9.17) is 0 Å². The Morgan fingerprint density at radius 1 is 1.32 bits per heavy atom. The van der Waals surface area contributed by atoms with Crippen LogP contribution in [0.25, 0.3) is 0 Å². The molecule has 0 aliphatic carbocycles. The number of hydrogen-bond donors (Lipinski definition) is 1. The number of halogens is 2. The molecule has 1 aliphatic heterocycles. The molecule has 1 fully saturated rings. The van der Waals surface area contributed by atoms with Crippen molar-refractivity contribution in [1.82, 2.24) is 15.2 Å². The molecule has 1 unspecified atom stereocenters. The van der Waals surface area contributed by atoms with Crippen LogP contribution in [0.15, 0.2) is 24.4 Å². The fourth-order valence-electron chi connectivity index (χ4n) is 2.75. The summed E-state index contributed by atoms with van der Waals surface area (Å²) in [5, 5.41) is 3.42. The Hall–Kier alpha value is -0.350. The van der Waals surface area contributed by atoms with Crippen LogP contribution in [-0.2, 0) is 0 Å². The van der Waals surface area contributed by atoms with Crippen molar-refractivity contribution in [3.05, 3.63) is 30.1 Å².